The minimum absolute atomic E-state index is 0.420. The highest BCUT2D eigenvalue weighted by Crippen LogP contribution is 2.16. The van der Waals surface area contributed by atoms with Gasteiger partial charge in [-0.1, -0.05) is 18.1 Å². The Morgan fingerprint density at radius 3 is 2.50 bits per heavy atom. The van der Waals surface area contributed by atoms with Gasteiger partial charge < -0.3 is 14.8 Å². The molecule has 0 aliphatic rings. The minimum Gasteiger partial charge on any atom is -0.373 e. The molecule has 0 amide bonds. The lowest BCUT2D eigenvalue weighted by atomic mass is 10.3. The van der Waals surface area contributed by atoms with E-state index in [1.165, 1.54) is 3.57 Å². The second kappa shape index (κ2) is 9.20. The maximum atomic E-state index is 5.33. The van der Waals surface area contributed by atoms with Crippen LogP contribution >= 0.6 is 22.6 Å². The van der Waals surface area contributed by atoms with Crippen LogP contribution in [-0.4, -0.2) is 26.0 Å². The third-order valence-corrected chi connectivity index (χ3v) is 3.04. The Morgan fingerprint density at radius 1 is 1.22 bits per heavy atom. The fraction of sp³-hybridized carbons (Fsp3) is 0.429. The predicted octanol–water partition coefficient (Wildman–Crippen LogP) is 3.11. The van der Waals surface area contributed by atoms with Gasteiger partial charge in [0, 0.05) is 22.5 Å². The molecule has 1 aromatic rings. The van der Waals surface area contributed by atoms with E-state index in [4.69, 9.17) is 9.47 Å². The van der Waals surface area contributed by atoms with Crippen molar-refractivity contribution in [3.8, 4) is 11.8 Å². The zero-order chi connectivity index (χ0) is 13.2. The van der Waals surface area contributed by atoms with Crippen LogP contribution in [0.15, 0.2) is 24.3 Å². The predicted molar refractivity (Wildman–Crippen MR) is 82.5 cm³/mol. The molecule has 0 atom stereocenters. The molecular weight excluding hydrogens is 341 g/mol. The Hall–Kier alpha value is -0.770. The topological polar surface area (TPSA) is 30.5 Å². The Labute approximate surface area is 122 Å². The van der Waals surface area contributed by atoms with Gasteiger partial charge in [-0.3, -0.25) is 0 Å². The van der Waals surface area contributed by atoms with Crippen LogP contribution in [-0.2, 0) is 9.47 Å². The lowest BCUT2D eigenvalue weighted by Gasteiger charge is -2.09. The van der Waals surface area contributed by atoms with E-state index in [9.17, 15) is 0 Å². The Balaban J connectivity index is 2.43. The second-order valence-corrected chi connectivity index (χ2v) is 4.56. The lowest BCUT2D eigenvalue weighted by Crippen LogP contribution is -2.15. The number of rotatable bonds is 6. The number of ether oxygens (including phenoxy) is 2. The van der Waals surface area contributed by atoms with Gasteiger partial charge in [0.25, 0.3) is 0 Å². The Bertz CT molecular complexity index is 406. The van der Waals surface area contributed by atoms with Crippen LogP contribution < -0.4 is 5.32 Å². The van der Waals surface area contributed by atoms with Gasteiger partial charge in [-0.2, -0.15) is 0 Å². The molecule has 0 aliphatic carbocycles. The number of benzene rings is 1. The monoisotopic (exact) mass is 359 g/mol. The number of nitrogens with one attached hydrogen (secondary N) is 1. The van der Waals surface area contributed by atoms with Crippen molar-refractivity contribution in [2.75, 3.05) is 25.1 Å². The molecule has 18 heavy (non-hydrogen) atoms. The van der Waals surface area contributed by atoms with Crippen molar-refractivity contribution in [3.05, 3.63) is 27.8 Å². The second-order valence-electron chi connectivity index (χ2n) is 3.40. The molecule has 0 radical (unpaired) electrons. The highest BCUT2D eigenvalue weighted by atomic mass is 127. The molecule has 0 saturated carbocycles. The van der Waals surface area contributed by atoms with E-state index in [1.54, 1.807) is 0 Å². The molecule has 3 nitrogen and oxygen atoms in total. The first kappa shape index (κ1) is 15.3. The summed E-state index contributed by atoms with van der Waals surface area (Å²) in [6.07, 6.45) is -0.420. The van der Waals surface area contributed by atoms with Gasteiger partial charge >= 0.3 is 0 Å². The zero-order valence-electron chi connectivity index (χ0n) is 10.7. The smallest absolute Gasteiger partial charge is 0.222 e. The van der Waals surface area contributed by atoms with E-state index in [-0.39, 0.29) is 0 Å². The first-order chi connectivity index (χ1) is 8.77. The van der Waals surface area contributed by atoms with Crippen LogP contribution in [0.2, 0.25) is 0 Å². The maximum Gasteiger partial charge on any atom is 0.222 e. The van der Waals surface area contributed by atoms with Crippen LogP contribution in [0.25, 0.3) is 0 Å². The van der Waals surface area contributed by atoms with Gasteiger partial charge in [0.05, 0.1) is 6.54 Å². The van der Waals surface area contributed by atoms with Crippen LogP contribution in [0, 0.1) is 15.4 Å². The van der Waals surface area contributed by atoms with E-state index in [1.807, 2.05) is 32.0 Å². The van der Waals surface area contributed by atoms with Gasteiger partial charge in [-0.15, -0.1) is 0 Å². The summed E-state index contributed by atoms with van der Waals surface area (Å²) >= 11 is 2.29. The average Bonchev–Trinajstić information content (AvgIpc) is 2.37. The number of para-hydroxylation sites is 1. The molecule has 0 aromatic heterocycles. The quantitative estimate of drug-likeness (QED) is 0.481. The van der Waals surface area contributed by atoms with Crippen molar-refractivity contribution in [2.45, 2.75) is 20.1 Å². The normalized spacial score (nSPS) is 10.0. The molecular formula is C14H18INO2. The standard InChI is InChI=1S/C14H18INO2/c1-3-17-14(18-4-2)10-7-11-16-13-9-6-5-8-12(13)15/h5-6,8-9,14,16H,3-4,11H2,1-2H3. The van der Waals surface area contributed by atoms with Crippen molar-refractivity contribution >= 4 is 28.3 Å². The maximum absolute atomic E-state index is 5.33. The highest BCUT2D eigenvalue weighted by Gasteiger charge is 2.01. The molecule has 0 aliphatic heterocycles. The van der Waals surface area contributed by atoms with Crippen molar-refractivity contribution in [2.24, 2.45) is 0 Å². The first-order valence-electron chi connectivity index (χ1n) is 5.98. The third-order valence-electron chi connectivity index (χ3n) is 2.10. The van der Waals surface area contributed by atoms with Crippen molar-refractivity contribution in [1.29, 1.82) is 0 Å². The fourth-order valence-electron chi connectivity index (χ4n) is 1.31. The highest BCUT2D eigenvalue weighted by molar-refractivity contribution is 14.1. The summed E-state index contributed by atoms with van der Waals surface area (Å²) in [5.74, 6) is 5.97. The minimum atomic E-state index is -0.420. The molecule has 1 rings (SSSR count). The van der Waals surface area contributed by atoms with Gasteiger partial charge in [0.15, 0.2) is 0 Å². The summed E-state index contributed by atoms with van der Waals surface area (Å²) in [6.45, 7) is 5.64. The Morgan fingerprint density at radius 2 is 1.89 bits per heavy atom. The molecule has 0 spiro atoms. The summed E-state index contributed by atoms with van der Waals surface area (Å²) in [7, 11) is 0. The number of hydrogen-bond acceptors (Lipinski definition) is 3. The molecule has 0 heterocycles. The molecule has 0 bridgehead atoms. The lowest BCUT2D eigenvalue weighted by molar-refractivity contribution is -0.0970. The van der Waals surface area contributed by atoms with Gasteiger partial charge in [0.2, 0.25) is 6.29 Å². The Kier molecular flexibility index (Phi) is 7.81. The van der Waals surface area contributed by atoms with Crippen LogP contribution in [0.3, 0.4) is 0 Å². The molecule has 0 fully saturated rings. The first-order valence-corrected chi connectivity index (χ1v) is 7.05. The molecule has 0 unspecified atom stereocenters. The third kappa shape index (κ3) is 5.71. The van der Waals surface area contributed by atoms with Gasteiger partial charge in [0.1, 0.15) is 0 Å². The van der Waals surface area contributed by atoms with Gasteiger partial charge in [-0.05, 0) is 54.5 Å². The summed E-state index contributed by atoms with van der Waals surface area (Å²) < 4.78 is 11.8. The van der Waals surface area contributed by atoms with Crippen LogP contribution in [0.5, 0.6) is 0 Å². The number of hydrogen-bond donors (Lipinski definition) is 1. The van der Waals surface area contributed by atoms with Gasteiger partial charge in [-0.25, -0.2) is 0 Å². The fourth-order valence-corrected chi connectivity index (χ4v) is 1.89. The van der Waals surface area contributed by atoms with E-state index in [0.29, 0.717) is 19.8 Å². The molecule has 1 N–H and O–H groups in total. The largest absolute Gasteiger partial charge is 0.373 e. The van der Waals surface area contributed by atoms with Crippen molar-refractivity contribution in [3.63, 3.8) is 0 Å². The summed E-state index contributed by atoms with van der Waals surface area (Å²) in [6, 6.07) is 8.10. The SMILES string of the molecule is CCOC(C#CCNc1ccccc1I)OCC. The summed E-state index contributed by atoms with van der Waals surface area (Å²) in [5, 5.41) is 3.26. The zero-order valence-corrected chi connectivity index (χ0v) is 12.9. The van der Waals surface area contributed by atoms with Crippen LogP contribution in [0.4, 0.5) is 5.69 Å². The van der Waals surface area contributed by atoms with E-state index >= 15 is 0 Å². The number of halogens is 1. The molecule has 1 aromatic carbocycles. The van der Waals surface area contributed by atoms with Crippen LogP contribution in [0.1, 0.15) is 13.8 Å². The van der Waals surface area contributed by atoms with Crippen molar-refractivity contribution in [1.82, 2.24) is 0 Å². The average molecular weight is 359 g/mol. The summed E-state index contributed by atoms with van der Waals surface area (Å²) in [5.41, 5.74) is 1.09. The van der Waals surface area contributed by atoms with E-state index in [2.05, 4.69) is 45.8 Å². The number of anilines is 1. The van der Waals surface area contributed by atoms with Crippen molar-refractivity contribution < 1.29 is 9.47 Å². The van der Waals surface area contributed by atoms with E-state index < -0.39 is 6.29 Å². The molecule has 0 saturated heterocycles. The molecule has 98 valence electrons. The van der Waals surface area contributed by atoms with E-state index in [0.717, 1.165) is 5.69 Å². The summed E-state index contributed by atoms with van der Waals surface area (Å²) in [4.78, 5) is 0. The molecule has 4 heteroatoms.